The van der Waals surface area contributed by atoms with E-state index in [4.69, 9.17) is 0 Å². The number of carbonyl (C=O) groups is 3. The van der Waals surface area contributed by atoms with E-state index in [9.17, 15) is 53.9 Å². The highest BCUT2D eigenvalue weighted by Crippen LogP contribution is 2.36. The minimum atomic E-state index is -6.11. The first-order valence-electron chi connectivity index (χ1n) is 8.44. The van der Waals surface area contributed by atoms with E-state index in [2.05, 4.69) is 14.2 Å². The lowest BCUT2D eigenvalue weighted by Crippen LogP contribution is -2.48. The average Bonchev–Trinajstić information content (AvgIpc) is 2.55. The van der Waals surface area contributed by atoms with E-state index in [0.29, 0.717) is 6.92 Å². The summed E-state index contributed by atoms with van der Waals surface area (Å²) in [5.74, 6) is -5.66. The quantitative estimate of drug-likeness (QED) is 0.295. The molecule has 0 radical (unpaired) electrons. The summed E-state index contributed by atoms with van der Waals surface area (Å²) in [4.78, 5) is 35.6. The number of ether oxygens (including phenoxy) is 3. The van der Waals surface area contributed by atoms with Gasteiger partial charge in [-0.3, -0.25) is 9.59 Å². The molecule has 182 valence electrons. The maximum atomic E-state index is 12.6. The first kappa shape index (κ1) is 28.8. The van der Waals surface area contributed by atoms with Gasteiger partial charge in [-0.05, 0) is 27.2 Å². The Morgan fingerprint density at radius 1 is 0.774 bits per heavy atom. The summed E-state index contributed by atoms with van der Waals surface area (Å²) in [6, 6.07) is 0. The van der Waals surface area contributed by atoms with Gasteiger partial charge in [0.1, 0.15) is 0 Å². The van der Waals surface area contributed by atoms with Crippen LogP contribution < -0.4 is 0 Å². The third kappa shape index (κ3) is 9.21. The second kappa shape index (κ2) is 9.94. The van der Waals surface area contributed by atoms with Crippen LogP contribution in [0.3, 0.4) is 0 Å². The van der Waals surface area contributed by atoms with Crippen molar-refractivity contribution in [3.8, 4) is 0 Å². The number of halogens is 9. The van der Waals surface area contributed by atoms with Crippen LogP contribution in [-0.2, 0) is 28.6 Å². The molecule has 0 bridgehead atoms. The molecule has 0 spiro atoms. The van der Waals surface area contributed by atoms with Crippen LogP contribution in [-0.4, -0.2) is 54.7 Å². The third-order valence-corrected chi connectivity index (χ3v) is 3.90. The van der Waals surface area contributed by atoms with Crippen molar-refractivity contribution in [3.05, 3.63) is 0 Å². The van der Waals surface area contributed by atoms with Crippen LogP contribution in [0.15, 0.2) is 0 Å². The Kier molecular flexibility index (Phi) is 9.22. The van der Waals surface area contributed by atoms with E-state index in [1.54, 1.807) is 0 Å². The van der Waals surface area contributed by atoms with E-state index in [1.165, 1.54) is 20.8 Å². The molecule has 0 aromatic rings. The Bertz CT molecular complexity index is 637. The van der Waals surface area contributed by atoms with Crippen LogP contribution in [0.25, 0.3) is 0 Å². The predicted molar refractivity (Wildman–Crippen MR) is 82.2 cm³/mol. The molecule has 2 atom stereocenters. The summed E-state index contributed by atoms with van der Waals surface area (Å²) in [5.41, 5.74) is -1.41. The van der Waals surface area contributed by atoms with E-state index in [1.807, 2.05) is 0 Å². The minimum Gasteiger partial charge on any atom is -0.453 e. The second-order valence-corrected chi connectivity index (χ2v) is 6.91. The van der Waals surface area contributed by atoms with Gasteiger partial charge >= 0.3 is 36.4 Å². The molecule has 0 N–H and O–H groups in total. The average molecular weight is 478 g/mol. The Hall–Kier alpha value is -2.22. The standard InChI is InChI=1S/C16H19F9O6/c1-5-13(3,4)12(28)30-8(6-9(26)29-7(2)14(17,18)19)10(27)31-11(15(20,21)22)16(23,24)25/h7-8,11H,5-6H2,1-4H3. The first-order valence-corrected chi connectivity index (χ1v) is 8.44. The molecule has 0 heterocycles. The number of hydrogen-bond acceptors (Lipinski definition) is 6. The van der Waals surface area contributed by atoms with E-state index < -0.39 is 66.6 Å². The summed E-state index contributed by atoms with van der Waals surface area (Å²) >= 11 is 0. The van der Waals surface area contributed by atoms with Gasteiger partial charge in [-0.15, -0.1) is 0 Å². The lowest BCUT2D eigenvalue weighted by Gasteiger charge is -2.27. The predicted octanol–water partition coefficient (Wildman–Crippen LogP) is 4.25. The number of alkyl halides is 9. The highest BCUT2D eigenvalue weighted by Gasteiger charge is 2.60. The fourth-order valence-electron chi connectivity index (χ4n) is 1.58. The summed E-state index contributed by atoms with van der Waals surface area (Å²) in [5, 5.41) is 0. The number of rotatable bonds is 8. The van der Waals surface area contributed by atoms with Crippen molar-refractivity contribution in [2.45, 2.75) is 77.4 Å². The van der Waals surface area contributed by atoms with Crippen molar-refractivity contribution in [2.24, 2.45) is 5.41 Å². The second-order valence-electron chi connectivity index (χ2n) is 6.91. The Morgan fingerprint density at radius 2 is 1.23 bits per heavy atom. The van der Waals surface area contributed by atoms with Gasteiger partial charge in [-0.25, -0.2) is 4.79 Å². The first-order chi connectivity index (χ1) is 13.6. The highest BCUT2D eigenvalue weighted by molar-refractivity contribution is 5.86. The van der Waals surface area contributed by atoms with E-state index in [0.717, 1.165) is 0 Å². The van der Waals surface area contributed by atoms with Gasteiger partial charge in [-0.1, -0.05) is 6.92 Å². The van der Waals surface area contributed by atoms with Gasteiger partial charge in [-0.2, -0.15) is 39.5 Å². The zero-order valence-electron chi connectivity index (χ0n) is 16.5. The lowest BCUT2D eigenvalue weighted by molar-refractivity contribution is -0.315. The minimum absolute atomic E-state index is 0.0247. The largest absolute Gasteiger partial charge is 0.453 e. The number of hydrogen-bond donors (Lipinski definition) is 0. The molecular formula is C16H19F9O6. The molecule has 0 aliphatic carbocycles. The number of carbonyl (C=O) groups excluding carboxylic acids is 3. The van der Waals surface area contributed by atoms with Crippen LogP contribution in [0, 0.1) is 5.41 Å². The summed E-state index contributed by atoms with van der Waals surface area (Å²) in [6.07, 6.45) is -28.9. The van der Waals surface area contributed by atoms with Crippen molar-refractivity contribution >= 4 is 17.9 Å². The molecule has 0 aromatic heterocycles. The summed E-state index contributed by atoms with van der Waals surface area (Å²) < 4.78 is 125. The van der Waals surface area contributed by atoms with Crippen LogP contribution in [0.5, 0.6) is 0 Å². The molecule has 0 saturated carbocycles. The van der Waals surface area contributed by atoms with Crippen molar-refractivity contribution < 1.29 is 68.1 Å². The molecule has 0 saturated heterocycles. The van der Waals surface area contributed by atoms with Crippen molar-refractivity contribution in [3.63, 3.8) is 0 Å². The van der Waals surface area contributed by atoms with Crippen molar-refractivity contribution in [1.82, 2.24) is 0 Å². The van der Waals surface area contributed by atoms with E-state index in [-0.39, 0.29) is 6.42 Å². The Morgan fingerprint density at radius 3 is 1.58 bits per heavy atom. The molecule has 31 heavy (non-hydrogen) atoms. The Labute approximate surface area is 170 Å². The fourth-order valence-corrected chi connectivity index (χ4v) is 1.58. The SMILES string of the molecule is CCC(C)(C)C(=O)OC(CC(=O)OC(C)C(F)(F)F)C(=O)OC(C(F)(F)F)C(F)(F)F. The molecule has 6 nitrogen and oxygen atoms in total. The van der Waals surface area contributed by atoms with Crippen LogP contribution in [0.2, 0.25) is 0 Å². The van der Waals surface area contributed by atoms with Gasteiger partial charge in [0.15, 0.2) is 6.10 Å². The van der Waals surface area contributed by atoms with Crippen LogP contribution in [0.4, 0.5) is 39.5 Å². The normalized spacial score (nSPS) is 15.3. The van der Waals surface area contributed by atoms with Gasteiger partial charge in [0.25, 0.3) is 6.10 Å². The Balaban J connectivity index is 5.73. The molecular weight excluding hydrogens is 459 g/mol. The van der Waals surface area contributed by atoms with Gasteiger partial charge in [0.2, 0.25) is 6.10 Å². The van der Waals surface area contributed by atoms with Crippen LogP contribution >= 0.6 is 0 Å². The maximum absolute atomic E-state index is 12.6. The monoisotopic (exact) mass is 478 g/mol. The molecule has 0 rings (SSSR count). The topological polar surface area (TPSA) is 78.9 Å². The molecule has 0 aliphatic heterocycles. The van der Waals surface area contributed by atoms with Crippen molar-refractivity contribution in [2.75, 3.05) is 0 Å². The van der Waals surface area contributed by atoms with E-state index >= 15 is 0 Å². The van der Waals surface area contributed by atoms with Gasteiger partial charge < -0.3 is 14.2 Å². The third-order valence-electron chi connectivity index (χ3n) is 3.90. The molecule has 0 aromatic carbocycles. The van der Waals surface area contributed by atoms with Crippen LogP contribution in [0.1, 0.15) is 40.5 Å². The zero-order chi connectivity index (χ0) is 25.0. The molecule has 0 amide bonds. The highest BCUT2D eigenvalue weighted by atomic mass is 19.4. The zero-order valence-corrected chi connectivity index (χ0v) is 16.5. The molecule has 15 heteroatoms. The van der Waals surface area contributed by atoms with Crippen molar-refractivity contribution in [1.29, 1.82) is 0 Å². The smallest absolute Gasteiger partial charge is 0.434 e. The maximum Gasteiger partial charge on any atom is 0.434 e. The molecule has 0 fully saturated rings. The fraction of sp³-hybridized carbons (Fsp3) is 0.812. The molecule has 0 aliphatic rings. The van der Waals surface area contributed by atoms with Gasteiger partial charge in [0, 0.05) is 0 Å². The summed E-state index contributed by atoms with van der Waals surface area (Å²) in [7, 11) is 0. The summed E-state index contributed by atoms with van der Waals surface area (Å²) in [6.45, 7) is 4.28. The van der Waals surface area contributed by atoms with Gasteiger partial charge in [0.05, 0.1) is 11.8 Å². The number of esters is 3. The lowest BCUT2D eigenvalue weighted by atomic mass is 9.90. The molecule has 2 unspecified atom stereocenters.